The lowest BCUT2D eigenvalue weighted by Crippen LogP contribution is -2.22. The zero-order valence-corrected chi connectivity index (χ0v) is 14.8. The Bertz CT molecular complexity index is 841. The lowest BCUT2D eigenvalue weighted by molar-refractivity contribution is -0.121. The molecule has 0 bridgehead atoms. The highest BCUT2D eigenvalue weighted by atomic mass is 32.1. The van der Waals surface area contributed by atoms with Crippen LogP contribution in [0.25, 0.3) is 10.6 Å². The number of thiophene rings is 1. The first kappa shape index (κ1) is 16.8. The number of hydrogen-bond acceptors (Lipinski definition) is 4. The van der Waals surface area contributed by atoms with Gasteiger partial charge in [0, 0.05) is 16.7 Å². The molecule has 0 saturated heterocycles. The quantitative estimate of drug-likeness (QED) is 0.700. The Kier molecular flexibility index (Phi) is 5.37. The summed E-state index contributed by atoms with van der Waals surface area (Å²) in [4.78, 5) is 18.6. The number of benzene rings is 1. The van der Waals surface area contributed by atoms with Crippen molar-refractivity contribution < 1.29 is 9.18 Å². The van der Waals surface area contributed by atoms with Crippen molar-refractivity contribution in [1.29, 1.82) is 0 Å². The molecule has 3 nitrogen and oxygen atoms in total. The third kappa shape index (κ3) is 4.27. The molecule has 0 radical (unpaired) electrons. The van der Waals surface area contributed by atoms with E-state index in [4.69, 9.17) is 0 Å². The van der Waals surface area contributed by atoms with Gasteiger partial charge in [0.2, 0.25) is 5.91 Å². The minimum Gasteiger partial charge on any atom is -0.351 e. The third-order valence-electron chi connectivity index (χ3n) is 3.57. The van der Waals surface area contributed by atoms with Gasteiger partial charge in [0.05, 0.1) is 22.1 Å². The summed E-state index contributed by atoms with van der Waals surface area (Å²) >= 11 is 3.26. The molecule has 3 aromatic rings. The average molecular weight is 360 g/mol. The van der Waals surface area contributed by atoms with Gasteiger partial charge in [0.15, 0.2) is 0 Å². The second kappa shape index (κ2) is 7.68. The van der Waals surface area contributed by atoms with Gasteiger partial charge in [-0.1, -0.05) is 18.2 Å². The number of carbonyl (C=O) groups is 1. The summed E-state index contributed by atoms with van der Waals surface area (Å²) in [6.45, 7) is 2.47. The van der Waals surface area contributed by atoms with Crippen LogP contribution in [0.3, 0.4) is 0 Å². The van der Waals surface area contributed by atoms with Gasteiger partial charge in [-0.05, 0) is 37.1 Å². The second-order valence-corrected chi connectivity index (χ2v) is 7.62. The number of hydrogen-bond donors (Lipinski definition) is 1. The maximum Gasteiger partial charge on any atom is 0.220 e. The van der Waals surface area contributed by atoms with Crippen LogP contribution in [0.4, 0.5) is 4.39 Å². The van der Waals surface area contributed by atoms with Crippen LogP contribution in [0.1, 0.15) is 21.9 Å². The first-order valence-electron chi connectivity index (χ1n) is 7.63. The van der Waals surface area contributed by atoms with E-state index in [-0.39, 0.29) is 18.1 Å². The molecule has 0 atom stereocenters. The fraction of sp³-hybridized carbons (Fsp3) is 0.222. The van der Waals surface area contributed by atoms with Crippen molar-refractivity contribution in [3.63, 3.8) is 0 Å². The molecule has 0 aliphatic carbocycles. The Morgan fingerprint density at radius 3 is 2.83 bits per heavy atom. The van der Waals surface area contributed by atoms with Crippen molar-refractivity contribution in [2.45, 2.75) is 26.3 Å². The normalized spacial score (nSPS) is 10.8. The number of aromatic nitrogens is 1. The monoisotopic (exact) mass is 360 g/mol. The van der Waals surface area contributed by atoms with Crippen molar-refractivity contribution in [2.75, 3.05) is 0 Å². The van der Waals surface area contributed by atoms with Gasteiger partial charge in [-0.3, -0.25) is 4.79 Å². The maximum atomic E-state index is 13.5. The Balaban J connectivity index is 1.50. The van der Waals surface area contributed by atoms with E-state index in [9.17, 15) is 9.18 Å². The lowest BCUT2D eigenvalue weighted by Gasteiger charge is -2.04. The highest BCUT2D eigenvalue weighted by molar-refractivity contribution is 7.16. The van der Waals surface area contributed by atoms with Gasteiger partial charge in [0.1, 0.15) is 5.82 Å². The average Bonchev–Trinajstić information content (AvgIpc) is 3.21. The van der Waals surface area contributed by atoms with E-state index in [1.54, 1.807) is 40.9 Å². The van der Waals surface area contributed by atoms with Gasteiger partial charge in [-0.25, -0.2) is 9.37 Å². The summed E-state index contributed by atoms with van der Waals surface area (Å²) in [5.74, 6) is -0.329. The molecule has 24 heavy (non-hydrogen) atoms. The number of nitrogens with one attached hydrogen (secondary N) is 1. The smallest absolute Gasteiger partial charge is 0.220 e. The Hall–Kier alpha value is -2.05. The SMILES string of the molecule is Cc1nc(-c2ccc(CNC(=O)CCc3ccccc3F)s2)cs1. The molecule has 0 spiro atoms. The van der Waals surface area contributed by atoms with Gasteiger partial charge in [-0.2, -0.15) is 0 Å². The molecule has 2 heterocycles. The van der Waals surface area contributed by atoms with Crippen molar-refractivity contribution in [3.8, 4) is 10.6 Å². The van der Waals surface area contributed by atoms with E-state index in [2.05, 4.69) is 10.3 Å². The lowest BCUT2D eigenvalue weighted by atomic mass is 10.1. The fourth-order valence-electron chi connectivity index (χ4n) is 2.31. The van der Waals surface area contributed by atoms with E-state index in [1.807, 2.05) is 24.4 Å². The van der Waals surface area contributed by atoms with Gasteiger partial charge >= 0.3 is 0 Å². The van der Waals surface area contributed by atoms with Gasteiger partial charge in [-0.15, -0.1) is 22.7 Å². The first-order valence-corrected chi connectivity index (χ1v) is 9.33. The van der Waals surface area contributed by atoms with E-state index in [0.29, 0.717) is 18.5 Å². The van der Waals surface area contributed by atoms with Crippen molar-refractivity contribution >= 4 is 28.6 Å². The molecule has 124 valence electrons. The van der Waals surface area contributed by atoms with Crippen LogP contribution in [0.15, 0.2) is 41.8 Å². The number of halogens is 1. The van der Waals surface area contributed by atoms with E-state index < -0.39 is 0 Å². The van der Waals surface area contributed by atoms with Crippen LogP contribution in [0.5, 0.6) is 0 Å². The van der Waals surface area contributed by atoms with Crippen molar-refractivity contribution in [3.05, 3.63) is 63.0 Å². The topological polar surface area (TPSA) is 42.0 Å². The van der Waals surface area contributed by atoms with E-state index >= 15 is 0 Å². The summed E-state index contributed by atoms with van der Waals surface area (Å²) in [5.41, 5.74) is 1.56. The molecule has 3 rings (SSSR count). The molecule has 0 aliphatic rings. The standard InChI is InChI=1S/C18H17FN2OS2/c1-12-21-16(11-23-12)17-8-7-14(24-17)10-20-18(22)9-6-13-4-2-3-5-15(13)19/h2-5,7-8,11H,6,9-10H2,1H3,(H,20,22). The molecular weight excluding hydrogens is 343 g/mol. The third-order valence-corrected chi connectivity index (χ3v) is 5.45. The predicted molar refractivity (Wildman–Crippen MR) is 96.7 cm³/mol. The molecule has 2 aromatic heterocycles. The molecule has 0 fully saturated rings. The Labute approximate surface area is 148 Å². The molecule has 1 amide bonds. The van der Waals surface area contributed by atoms with Crippen LogP contribution < -0.4 is 5.32 Å². The Morgan fingerprint density at radius 2 is 2.08 bits per heavy atom. The van der Waals surface area contributed by atoms with Crippen LogP contribution in [-0.2, 0) is 17.8 Å². The molecule has 0 saturated carbocycles. The van der Waals surface area contributed by atoms with Crippen LogP contribution >= 0.6 is 22.7 Å². The molecule has 6 heteroatoms. The molecule has 0 aliphatic heterocycles. The van der Waals surface area contributed by atoms with E-state index in [1.165, 1.54) is 6.07 Å². The largest absolute Gasteiger partial charge is 0.351 e. The fourth-order valence-corrected chi connectivity index (χ4v) is 3.91. The maximum absolute atomic E-state index is 13.5. The van der Waals surface area contributed by atoms with Crippen LogP contribution in [0, 0.1) is 12.7 Å². The summed E-state index contributed by atoms with van der Waals surface area (Å²) in [6.07, 6.45) is 0.691. The number of carbonyl (C=O) groups excluding carboxylic acids is 1. The highest BCUT2D eigenvalue weighted by Gasteiger charge is 2.08. The predicted octanol–water partition coefficient (Wildman–Crippen LogP) is 4.57. The highest BCUT2D eigenvalue weighted by Crippen LogP contribution is 2.28. The zero-order chi connectivity index (χ0) is 16.9. The van der Waals surface area contributed by atoms with Crippen LogP contribution in [-0.4, -0.2) is 10.9 Å². The zero-order valence-electron chi connectivity index (χ0n) is 13.2. The number of aryl methyl sites for hydroxylation is 2. The molecule has 0 unspecified atom stereocenters. The minimum absolute atomic E-state index is 0.0716. The summed E-state index contributed by atoms with van der Waals surface area (Å²) in [7, 11) is 0. The van der Waals surface area contributed by atoms with Crippen LogP contribution in [0.2, 0.25) is 0 Å². The number of amides is 1. The summed E-state index contributed by atoms with van der Waals surface area (Å²) in [5, 5.41) is 5.97. The van der Waals surface area contributed by atoms with Crippen molar-refractivity contribution in [2.24, 2.45) is 0 Å². The van der Waals surface area contributed by atoms with Crippen molar-refractivity contribution in [1.82, 2.24) is 10.3 Å². The molecular formula is C18H17FN2OS2. The van der Waals surface area contributed by atoms with Gasteiger partial charge in [0.25, 0.3) is 0 Å². The second-order valence-electron chi connectivity index (χ2n) is 5.39. The number of nitrogens with zero attached hydrogens (tertiary/aromatic N) is 1. The number of thiazole rings is 1. The molecule has 1 aromatic carbocycles. The van der Waals surface area contributed by atoms with E-state index in [0.717, 1.165) is 20.5 Å². The molecule has 1 N–H and O–H groups in total. The van der Waals surface area contributed by atoms with Gasteiger partial charge < -0.3 is 5.32 Å². The Morgan fingerprint density at radius 1 is 1.25 bits per heavy atom. The summed E-state index contributed by atoms with van der Waals surface area (Å²) < 4.78 is 13.5. The summed E-state index contributed by atoms with van der Waals surface area (Å²) in [6, 6.07) is 10.6. The first-order chi connectivity index (χ1) is 11.6. The minimum atomic E-state index is -0.258. The number of rotatable bonds is 6.